The Morgan fingerprint density at radius 2 is 1.88 bits per heavy atom. The zero-order valence-electron chi connectivity index (χ0n) is 15.2. The van der Waals surface area contributed by atoms with Gasteiger partial charge >= 0.3 is 0 Å². The van der Waals surface area contributed by atoms with Gasteiger partial charge in [-0.05, 0) is 30.4 Å². The molecule has 0 radical (unpaired) electrons. The molecule has 0 unspecified atom stereocenters. The van der Waals surface area contributed by atoms with Gasteiger partial charge in [0.25, 0.3) is 0 Å². The first-order valence-corrected chi connectivity index (χ1v) is 9.82. The highest BCUT2D eigenvalue weighted by atomic mass is 16.5. The Morgan fingerprint density at radius 1 is 1.12 bits per heavy atom. The summed E-state index contributed by atoms with van der Waals surface area (Å²) in [6, 6.07) is 8.88. The van der Waals surface area contributed by atoms with Gasteiger partial charge in [0, 0.05) is 38.9 Å². The van der Waals surface area contributed by atoms with Gasteiger partial charge in [-0.3, -0.25) is 4.90 Å². The summed E-state index contributed by atoms with van der Waals surface area (Å²) in [5.74, 6) is 0. The Morgan fingerprint density at radius 3 is 2.65 bits per heavy atom. The molecular weight excluding hydrogens is 332 g/mol. The lowest BCUT2D eigenvalue weighted by atomic mass is 9.95. The van der Waals surface area contributed by atoms with Crippen molar-refractivity contribution in [2.75, 3.05) is 32.9 Å². The third-order valence-electron chi connectivity index (χ3n) is 6.05. The Balaban J connectivity index is 1.44. The van der Waals surface area contributed by atoms with E-state index in [-0.39, 0.29) is 18.8 Å². The van der Waals surface area contributed by atoms with Crippen LogP contribution in [0.2, 0.25) is 0 Å². The van der Waals surface area contributed by atoms with Crippen LogP contribution in [-0.4, -0.2) is 78.4 Å². The van der Waals surface area contributed by atoms with E-state index in [1.807, 2.05) is 0 Å². The fourth-order valence-electron chi connectivity index (χ4n) is 4.55. The van der Waals surface area contributed by atoms with E-state index in [0.29, 0.717) is 12.6 Å². The summed E-state index contributed by atoms with van der Waals surface area (Å²) in [4.78, 5) is 2.33. The normalized spacial score (nSPS) is 33.3. The van der Waals surface area contributed by atoms with Crippen LogP contribution in [0.5, 0.6) is 0 Å². The van der Waals surface area contributed by atoms with E-state index in [1.54, 1.807) is 0 Å². The number of fused-ring (bicyclic) bond motifs is 1. The van der Waals surface area contributed by atoms with Crippen LogP contribution in [0.1, 0.15) is 24.0 Å². The second-order valence-corrected chi connectivity index (χ2v) is 7.66. The number of rotatable bonds is 5. The van der Waals surface area contributed by atoms with Crippen molar-refractivity contribution in [3.63, 3.8) is 0 Å². The molecule has 2 saturated heterocycles. The van der Waals surface area contributed by atoms with Crippen molar-refractivity contribution in [1.82, 2.24) is 10.2 Å². The van der Waals surface area contributed by atoms with Crippen molar-refractivity contribution in [2.24, 2.45) is 0 Å². The maximum atomic E-state index is 10.8. The van der Waals surface area contributed by atoms with Crippen LogP contribution in [0.4, 0.5) is 0 Å². The van der Waals surface area contributed by atoms with E-state index in [0.717, 1.165) is 45.6 Å². The average Bonchev–Trinajstić information content (AvgIpc) is 3.02. The number of benzene rings is 1. The Kier molecular flexibility index (Phi) is 5.88. The number of aliphatic hydroxyl groups excluding tert-OH is 2. The van der Waals surface area contributed by atoms with Crippen LogP contribution in [-0.2, 0) is 22.4 Å². The number of nitrogens with one attached hydrogen (secondary N) is 1. The highest BCUT2D eigenvalue weighted by Gasteiger charge is 2.46. The Hall–Kier alpha value is -1.02. The first-order chi connectivity index (χ1) is 12.8. The molecule has 3 aliphatic heterocycles. The van der Waals surface area contributed by atoms with Crippen LogP contribution >= 0.6 is 0 Å². The molecule has 0 saturated carbocycles. The predicted molar refractivity (Wildman–Crippen MR) is 97.9 cm³/mol. The molecule has 0 spiro atoms. The number of hydrogen-bond acceptors (Lipinski definition) is 6. The minimum atomic E-state index is -0.660. The van der Waals surface area contributed by atoms with Crippen molar-refractivity contribution < 1.29 is 19.7 Å². The Labute approximate surface area is 155 Å². The van der Waals surface area contributed by atoms with Crippen molar-refractivity contribution >= 4 is 0 Å². The fourth-order valence-corrected chi connectivity index (χ4v) is 4.55. The molecule has 26 heavy (non-hydrogen) atoms. The molecule has 0 aromatic heterocycles. The lowest BCUT2D eigenvalue weighted by molar-refractivity contribution is -0.0229. The van der Waals surface area contributed by atoms with Crippen LogP contribution in [0.3, 0.4) is 0 Å². The first kappa shape index (κ1) is 18.3. The molecule has 4 rings (SSSR count). The summed E-state index contributed by atoms with van der Waals surface area (Å²) < 4.78 is 11.5. The summed E-state index contributed by atoms with van der Waals surface area (Å²) >= 11 is 0. The zero-order chi connectivity index (χ0) is 17.9. The highest BCUT2D eigenvalue weighted by molar-refractivity contribution is 5.29. The summed E-state index contributed by atoms with van der Waals surface area (Å²) in [6.07, 6.45) is 1.74. The van der Waals surface area contributed by atoms with Gasteiger partial charge < -0.3 is 25.0 Å². The molecule has 1 aromatic carbocycles. The lowest BCUT2D eigenvalue weighted by Gasteiger charge is -2.37. The van der Waals surface area contributed by atoms with Crippen LogP contribution in [0, 0.1) is 0 Å². The van der Waals surface area contributed by atoms with Gasteiger partial charge in [-0.2, -0.15) is 0 Å². The van der Waals surface area contributed by atoms with Gasteiger partial charge in [-0.1, -0.05) is 24.3 Å². The quantitative estimate of drug-likeness (QED) is 0.700. The minimum Gasteiger partial charge on any atom is -0.394 e. The predicted octanol–water partition coefficient (Wildman–Crippen LogP) is 0.303. The molecule has 0 aliphatic carbocycles. The zero-order valence-corrected chi connectivity index (χ0v) is 15.2. The van der Waals surface area contributed by atoms with Gasteiger partial charge in [-0.25, -0.2) is 0 Å². The molecule has 3 heterocycles. The summed E-state index contributed by atoms with van der Waals surface area (Å²) in [5.41, 5.74) is 2.72. The molecular formula is C20H30N2O4. The number of ether oxygens (including phenoxy) is 2. The molecule has 6 heteroatoms. The minimum absolute atomic E-state index is 0.0900. The molecule has 6 nitrogen and oxygen atoms in total. The molecule has 0 bridgehead atoms. The summed E-state index contributed by atoms with van der Waals surface area (Å²) in [7, 11) is 0. The molecule has 4 atom stereocenters. The Bertz CT molecular complexity index is 593. The molecule has 3 aliphatic rings. The number of hydrogen-bond donors (Lipinski definition) is 3. The summed E-state index contributed by atoms with van der Waals surface area (Å²) in [6.45, 7) is 3.90. The van der Waals surface area contributed by atoms with Crippen LogP contribution in [0.15, 0.2) is 24.3 Å². The second-order valence-electron chi connectivity index (χ2n) is 7.66. The van der Waals surface area contributed by atoms with Crippen molar-refractivity contribution in [3.8, 4) is 0 Å². The maximum absolute atomic E-state index is 10.8. The number of nitrogens with zero attached hydrogens (tertiary/aromatic N) is 1. The SMILES string of the molecule is OC[C@@H]1O[C@H](CNC2CCOCC2)[C@@H](N2CCc3ccccc3C2)[C@@H]1O. The van der Waals surface area contributed by atoms with Gasteiger partial charge in [0.15, 0.2) is 0 Å². The summed E-state index contributed by atoms with van der Waals surface area (Å²) in [5, 5.41) is 24.0. The van der Waals surface area contributed by atoms with E-state index in [1.165, 1.54) is 11.1 Å². The van der Waals surface area contributed by atoms with Gasteiger partial charge in [0.2, 0.25) is 0 Å². The third-order valence-corrected chi connectivity index (χ3v) is 6.05. The molecule has 1 aromatic rings. The second kappa shape index (κ2) is 8.33. The van der Waals surface area contributed by atoms with Crippen molar-refractivity contribution in [3.05, 3.63) is 35.4 Å². The van der Waals surface area contributed by atoms with Crippen molar-refractivity contribution in [2.45, 2.75) is 56.2 Å². The molecule has 3 N–H and O–H groups in total. The average molecular weight is 362 g/mol. The third kappa shape index (κ3) is 3.81. The highest BCUT2D eigenvalue weighted by Crippen LogP contribution is 2.30. The smallest absolute Gasteiger partial charge is 0.109 e. The fraction of sp³-hybridized carbons (Fsp3) is 0.700. The van der Waals surface area contributed by atoms with E-state index in [9.17, 15) is 10.2 Å². The monoisotopic (exact) mass is 362 g/mol. The molecule has 0 amide bonds. The molecule has 144 valence electrons. The van der Waals surface area contributed by atoms with Crippen molar-refractivity contribution in [1.29, 1.82) is 0 Å². The van der Waals surface area contributed by atoms with E-state index in [2.05, 4.69) is 34.5 Å². The lowest BCUT2D eigenvalue weighted by Crippen LogP contribution is -2.53. The van der Waals surface area contributed by atoms with Gasteiger partial charge in [0.1, 0.15) is 12.2 Å². The molecule has 2 fully saturated rings. The van der Waals surface area contributed by atoms with Crippen LogP contribution < -0.4 is 5.32 Å². The topological polar surface area (TPSA) is 74.2 Å². The maximum Gasteiger partial charge on any atom is 0.109 e. The van der Waals surface area contributed by atoms with Gasteiger partial charge in [-0.15, -0.1) is 0 Å². The van der Waals surface area contributed by atoms with E-state index in [4.69, 9.17) is 9.47 Å². The van der Waals surface area contributed by atoms with Gasteiger partial charge in [0.05, 0.1) is 18.8 Å². The first-order valence-electron chi connectivity index (χ1n) is 9.82. The van der Waals surface area contributed by atoms with E-state index >= 15 is 0 Å². The number of aliphatic hydroxyl groups is 2. The largest absolute Gasteiger partial charge is 0.394 e. The van der Waals surface area contributed by atoms with Crippen LogP contribution in [0.25, 0.3) is 0 Å². The van der Waals surface area contributed by atoms with E-state index < -0.39 is 12.2 Å². The standard InChI is InChI=1S/C20H30N2O4/c23-13-18-20(24)19(17(26-18)11-21-16-6-9-25-10-7-16)22-8-5-14-3-1-2-4-15(14)12-22/h1-4,16-21,23-24H,5-13H2/t17-,18+,19-,20-/m1/s1.